The van der Waals surface area contributed by atoms with E-state index in [0.717, 1.165) is 32.2 Å². The molecular weight excluding hydrogens is 286 g/mol. The highest BCUT2D eigenvalue weighted by molar-refractivity contribution is 7.80. The van der Waals surface area contributed by atoms with Gasteiger partial charge in [0.2, 0.25) is 0 Å². The molecule has 0 atom stereocenters. The van der Waals surface area contributed by atoms with Gasteiger partial charge in [0, 0.05) is 5.56 Å². The summed E-state index contributed by atoms with van der Waals surface area (Å²) in [7, 11) is 0. The Bertz CT molecular complexity index is 760. The molecule has 3 nitrogen and oxygen atoms in total. The first-order valence-electron chi connectivity index (χ1n) is 6.16. The third-order valence-corrected chi connectivity index (χ3v) is 4.15. The standard InChI is InChI=1S/C15H13N3S2/c1-9-6-7-10(14(16)19)12(8-9)18-15-17-11-4-2-3-5-13(11)20-15/h2-8H,1H3,(H2,16,19)(H,17,18). The van der Waals surface area contributed by atoms with Gasteiger partial charge in [-0.1, -0.05) is 41.8 Å². The van der Waals surface area contributed by atoms with Gasteiger partial charge in [-0.05, 0) is 36.8 Å². The smallest absolute Gasteiger partial charge is 0.188 e. The Morgan fingerprint density at radius 3 is 2.80 bits per heavy atom. The van der Waals surface area contributed by atoms with Crippen molar-refractivity contribution in [3.8, 4) is 0 Å². The third kappa shape index (κ3) is 2.50. The van der Waals surface area contributed by atoms with Gasteiger partial charge in [-0.2, -0.15) is 0 Å². The van der Waals surface area contributed by atoms with Crippen LogP contribution in [0.5, 0.6) is 0 Å². The molecule has 100 valence electrons. The molecule has 0 amide bonds. The molecular formula is C15H13N3S2. The molecule has 0 spiro atoms. The minimum atomic E-state index is 0.383. The van der Waals surface area contributed by atoms with E-state index in [0.29, 0.717) is 4.99 Å². The third-order valence-electron chi connectivity index (χ3n) is 2.98. The molecule has 3 rings (SSSR count). The van der Waals surface area contributed by atoms with Crippen LogP contribution in [-0.2, 0) is 0 Å². The average molecular weight is 299 g/mol. The van der Waals surface area contributed by atoms with Crippen molar-refractivity contribution in [2.45, 2.75) is 6.92 Å². The molecule has 3 aromatic rings. The van der Waals surface area contributed by atoms with Crippen LogP contribution in [-0.4, -0.2) is 9.97 Å². The average Bonchev–Trinajstić information content (AvgIpc) is 2.80. The number of hydrogen-bond donors (Lipinski definition) is 2. The van der Waals surface area contributed by atoms with Gasteiger partial charge in [-0.3, -0.25) is 0 Å². The molecule has 2 aromatic carbocycles. The van der Waals surface area contributed by atoms with Gasteiger partial charge < -0.3 is 11.1 Å². The van der Waals surface area contributed by atoms with Crippen molar-refractivity contribution in [2.75, 3.05) is 5.32 Å². The lowest BCUT2D eigenvalue weighted by Crippen LogP contribution is -2.12. The number of rotatable bonds is 3. The van der Waals surface area contributed by atoms with Crippen LogP contribution in [0.4, 0.5) is 10.8 Å². The number of nitrogens with two attached hydrogens (primary N) is 1. The van der Waals surface area contributed by atoms with Crippen molar-refractivity contribution in [3.05, 3.63) is 53.6 Å². The summed E-state index contributed by atoms with van der Waals surface area (Å²) < 4.78 is 1.15. The molecule has 0 saturated carbocycles. The fourth-order valence-corrected chi connectivity index (χ4v) is 3.07. The van der Waals surface area contributed by atoms with Crippen molar-refractivity contribution >= 4 is 49.6 Å². The summed E-state index contributed by atoms with van der Waals surface area (Å²) in [4.78, 5) is 4.94. The van der Waals surface area contributed by atoms with E-state index < -0.39 is 0 Å². The topological polar surface area (TPSA) is 50.9 Å². The number of nitrogens with one attached hydrogen (secondary N) is 1. The highest BCUT2D eigenvalue weighted by Gasteiger charge is 2.08. The fourth-order valence-electron chi connectivity index (χ4n) is 2.02. The minimum Gasteiger partial charge on any atom is -0.389 e. The molecule has 0 bridgehead atoms. The summed E-state index contributed by atoms with van der Waals surface area (Å²) in [5.74, 6) is 0. The molecule has 1 aromatic heterocycles. The normalized spacial score (nSPS) is 10.7. The number of para-hydroxylation sites is 1. The number of thiazole rings is 1. The summed E-state index contributed by atoms with van der Waals surface area (Å²) in [5, 5.41) is 4.17. The minimum absolute atomic E-state index is 0.383. The Morgan fingerprint density at radius 1 is 1.25 bits per heavy atom. The van der Waals surface area contributed by atoms with E-state index in [2.05, 4.69) is 16.4 Å². The predicted molar refractivity (Wildman–Crippen MR) is 90.0 cm³/mol. The van der Waals surface area contributed by atoms with Gasteiger partial charge in [0.05, 0.1) is 15.9 Å². The number of hydrogen-bond acceptors (Lipinski definition) is 4. The van der Waals surface area contributed by atoms with Gasteiger partial charge in [-0.15, -0.1) is 0 Å². The number of thiocarbonyl (C=S) groups is 1. The number of anilines is 2. The second-order valence-corrected chi connectivity index (χ2v) is 6.00. The Morgan fingerprint density at radius 2 is 2.05 bits per heavy atom. The van der Waals surface area contributed by atoms with Gasteiger partial charge in [0.1, 0.15) is 4.99 Å². The highest BCUT2D eigenvalue weighted by Crippen LogP contribution is 2.29. The summed E-state index contributed by atoms with van der Waals surface area (Å²) >= 11 is 6.71. The Hall–Kier alpha value is -1.98. The fraction of sp³-hybridized carbons (Fsp3) is 0.0667. The maximum Gasteiger partial charge on any atom is 0.188 e. The van der Waals surface area contributed by atoms with Crippen molar-refractivity contribution in [1.29, 1.82) is 0 Å². The lowest BCUT2D eigenvalue weighted by molar-refractivity contribution is 1.40. The molecule has 0 aliphatic heterocycles. The van der Waals surface area contributed by atoms with E-state index in [1.54, 1.807) is 11.3 Å². The molecule has 0 fully saturated rings. The Kier molecular flexibility index (Phi) is 3.38. The molecule has 5 heteroatoms. The first-order chi connectivity index (χ1) is 9.63. The lowest BCUT2D eigenvalue weighted by atomic mass is 10.1. The summed E-state index contributed by atoms with van der Waals surface area (Å²) in [6.45, 7) is 2.03. The van der Waals surface area contributed by atoms with Crippen LogP contribution in [0.15, 0.2) is 42.5 Å². The number of aryl methyl sites for hydroxylation is 1. The Balaban J connectivity index is 2.01. The molecule has 1 heterocycles. The van der Waals surface area contributed by atoms with Crippen LogP contribution >= 0.6 is 23.6 Å². The Labute approximate surface area is 126 Å². The molecule has 20 heavy (non-hydrogen) atoms. The van der Waals surface area contributed by atoms with Gasteiger partial charge >= 0.3 is 0 Å². The first-order valence-corrected chi connectivity index (χ1v) is 7.39. The van der Waals surface area contributed by atoms with Gasteiger partial charge in [0.25, 0.3) is 0 Å². The molecule has 0 saturated heterocycles. The molecule has 0 radical (unpaired) electrons. The lowest BCUT2D eigenvalue weighted by Gasteiger charge is -2.09. The van der Waals surface area contributed by atoms with Gasteiger partial charge in [-0.25, -0.2) is 4.98 Å². The van der Waals surface area contributed by atoms with Crippen molar-refractivity contribution in [1.82, 2.24) is 4.98 Å². The SMILES string of the molecule is Cc1ccc(C(N)=S)c(Nc2nc3ccccc3s2)c1. The quantitative estimate of drug-likeness (QED) is 0.718. The molecule has 0 unspecified atom stereocenters. The van der Waals surface area contributed by atoms with Crippen LogP contribution in [0.25, 0.3) is 10.2 Å². The van der Waals surface area contributed by atoms with Crippen LogP contribution in [0, 0.1) is 6.92 Å². The zero-order valence-electron chi connectivity index (χ0n) is 10.9. The van der Waals surface area contributed by atoms with E-state index in [9.17, 15) is 0 Å². The van der Waals surface area contributed by atoms with Gasteiger partial charge in [0.15, 0.2) is 5.13 Å². The maximum absolute atomic E-state index is 5.77. The zero-order chi connectivity index (χ0) is 14.1. The monoisotopic (exact) mass is 299 g/mol. The molecule has 0 aliphatic carbocycles. The molecule has 0 aliphatic rings. The second-order valence-electron chi connectivity index (χ2n) is 4.53. The summed E-state index contributed by atoms with van der Waals surface area (Å²) in [6.07, 6.45) is 0. The second kappa shape index (κ2) is 5.19. The van der Waals surface area contributed by atoms with E-state index in [1.165, 1.54) is 0 Å². The molecule has 3 N–H and O–H groups in total. The largest absolute Gasteiger partial charge is 0.389 e. The maximum atomic E-state index is 5.77. The zero-order valence-corrected chi connectivity index (χ0v) is 12.5. The number of nitrogens with zero attached hydrogens (tertiary/aromatic N) is 1. The van der Waals surface area contributed by atoms with E-state index >= 15 is 0 Å². The highest BCUT2D eigenvalue weighted by atomic mass is 32.1. The van der Waals surface area contributed by atoms with E-state index in [-0.39, 0.29) is 0 Å². The van der Waals surface area contributed by atoms with Crippen LogP contribution in [0.3, 0.4) is 0 Å². The number of fused-ring (bicyclic) bond motifs is 1. The first kappa shape index (κ1) is 13.0. The van der Waals surface area contributed by atoms with Crippen molar-refractivity contribution < 1.29 is 0 Å². The number of benzene rings is 2. The van der Waals surface area contributed by atoms with Crippen LogP contribution < -0.4 is 11.1 Å². The summed E-state index contributed by atoms with van der Waals surface area (Å²) in [6, 6.07) is 14.0. The van der Waals surface area contributed by atoms with E-state index in [4.69, 9.17) is 18.0 Å². The van der Waals surface area contributed by atoms with Crippen molar-refractivity contribution in [2.24, 2.45) is 5.73 Å². The number of aromatic nitrogens is 1. The summed E-state index contributed by atoms with van der Waals surface area (Å²) in [5.41, 5.74) is 9.64. The van der Waals surface area contributed by atoms with Crippen molar-refractivity contribution in [3.63, 3.8) is 0 Å². The van der Waals surface area contributed by atoms with E-state index in [1.807, 2.05) is 43.3 Å². The van der Waals surface area contributed by atoms with Crippen LogP contribution in [0.2, 0.25) is 0 Å². The van der Waals surface area contributed by atoms with Crippen LogP contribution in [0.1, 0.15) is 11.1 Å². The predicted octanol–water partition coefficient (Wildman–Crippen LogP) is 3.98.